The third-order valence-corrected chi connectivity index (χ3v) is 3.87. The first-order valence-electron chi connectivity index (χ1n) is 9.22. The largest absolute Gasteiger partial charge is 0.461 e. The van der Waals surface area contributed by atoms with E-state index in [-0.39, 0.29) is 24.5 Å². The van der Waals surface area contributed by atoms with Crippen LogP contribution in [0.25, 0.3) is 0 Å². The summed E-state index contributed by atoms with van der Waals surface area (Å²) in [5, 5.41) is 3.01. The van der Waals surface area contributed by atoms with Gasteiger partial charge in [-0.15, -0.1) is 0 Å². The topological polar surface area (TPSA) is 64.6 Å². The number of nitrogens with one attached hydrogen (secondary N) is 1. The molecule has 1 N–H and O–H groups in total. The van der Waals surface area contributed by atoms with E-state index < -0.39 is 17.4 Å². The molecule has 0 amide bonds. The van der Waals surface area contributed by atoms with Crippen LogP contribution in [-0.4, -0.2) is 31.1 Å². The summed E-state index contributed by atoms with van der Waals surface area (Å²) in [5.74, 6) is -1.58. The van der Waals surface area contributed by atoms with Crippen LogP contribution in [0.3, 0.4) is 0 Å². The number of esters is 2. The van der Waals surface area contributed by atoms with E-state index >= 15 is 0 Å². The maximum atomic E-state index is 12.7. The molecule has 0 aromatic heterocycles. The normalized spacial score (nSPS) is 14.0. The third-order valence-electron chi connectivity index (χ3n) is 3.87. The van der Waals surface area contributed by atoms with Gasteiger partial charge < -0.3 is 14.8 Å². The standard InChI is InChI=1S/C21H33NO4/c1-15(2)12-17(20(24)26-21(3,4)5)18(13-22-6)19(23)25-14-16-10-8-7-9-11-16/h7-11,15,17-18,22H,12-14H2,1-6H3/t17-,18+/m1/s1. The van der Waals surface area contributed by atoms with Crippen molar-refractivity contribution in [2.75, 3.05) is 13.6 Å². The van der Waals surface area contributed by atoms with Crippen LogP contribution in [0.1, 0.15) is 46.6 Å². The molecular formula is C21H33NO4. The number of rotatable bonds is 9. The van der Waals surface area contributed by atoms with Gasteiger partial charge >= 0.3 is 11.9 Å². The lowest BCUT2D eigenvalue weighted by molar-refractivity contribution is -0.169. The Kier molecular flexibility index (Phi) is 8.79. The van der Waals surface area contributed by atoms with Gasteiger partial charge in [-0.25, -0.2) is 0 Å². The summed E-state index contributed by atoms with van der Waals surface area (Å²) in [6.07, 6.45) is 0.571. The second-order valence-corrected chi connectivity index (χ2v) is 8.03. The summed E-state index contributed by atoms with van der Waals surface area (Å²) in [6, 6.07) is 9.52. The Balaban J connectivity index is 2.90. The van der Waals surface area contributed by atoms with Gasteiger partial charge in [0.05, 0.1) is 11.8 Å². The molecule has 2 atom stereocenters. The van der Waals surface area contributed by atoms with Gasteiger partial charge in [0, 0.05) is 6.54 Å². The second-order valence-electron chi connectivity index (χ2n) is 8.03. The maximum absolute atomic E-state index is 12.7. The maximum Gasteiger partial charge on any atom is 0.311 e. The number of carbonyl (C=O) groups is 2. The Bertz CT molecular complexity index is 563. The van der Waals surface area contributed by atoms with E-state index in [0.717, 1.165) is 5.56 Å². The monoisotopic (exact) mass is 363 g/mol. The van der Waals surface area contributed by atoms with Crippen molar-refractivity contribution in [2.24, 2.45) is 17.8 Å². The van der Waals surface area contributed by atoms with Crippen LogP contribution in [0.15, 0.2) is 30.3 Å². The zero-order valence-corrected chi connectivity index (χ0v) is 16.9. The summed E-state index contributed by atoms with van der Waals surface area (Å²) < 4.78 is 11.1. The molecule has 0 bridgehead atoms. The molecule has 0 unspecified atom stereocenters. The first-order chi connectivity index (χ1) is 12.1. The number of benzene rings is 1. The van der Waals surface area contributed by atoms with E-state index in [1.54, 1.807) is 7.05 Å². The van der Waals surface area contributed by atoms with E-state index in [0.29, 0.717) is 13.0 Å². The van der Waals surface area contributed by atoms with Gasteiger partial charge in [0.15, 0.2) is 0 Å². The molecule has 0 saturated carbocycles. The molecule has 5 nitrogen and oxygen atoms in total. The molecule has 146 valence electrons. The van der Waals surface area contributed by atoms with Gasteiger partial charge in [-0.1, -0.05) is 44.2 Å². The van der Waals surface area contributed by atoms with Gasteiger partial charge in [-0.05, 0) is 45.7 Å². The summed E-state index contributed by atoms with van der Waals surface area (Å²) in [4.78, 5) is 25.5. The molecule has 0 saturated heterocycles. The fourth-order valence-corrected chi connectivity index (χ4v) is 2.76. The molecule has 26 heavy (non-hydrogen) atoms. The quantitative estimate of drug-likeness (QED) is 0.680. The molecule has 0 aliphatic rings. The predicted molar refractivity (Wildman–Crippen MR) is 102 cm³/mol. The summed E-state index contributed by atoms with van der Waals surface area (Å²) in [5.41, 5.74) is 0.325. The number of carbonyl (C=O) groups excluding carboxylic acids is 2. The highest BCUT2D eigenvalue weighted by Gasteiger charge is 2.37. The molecule has 1 rings (SSSR count). The zero-order chi connectivity index (χ0) is 19.7. The van der Waals surface area contributed by atoms with Crippen molar-refractivity contribution in [3.05, 3.63) is 35.9 Å². The lowest BCUT2D eigenvalue weighted by atomic mass is 9.85. The van der Waals surface area contributed by atoms with Crippen LogP contribution in [0, 0.1) is 17.8 Å². The number of hydrogen-bond acceptors (Lipinski definition) is 5. The summed E-state index contributed by atoms with van der Waals surface area (Å²) >= 11 is 0. The fourth-order valence-electron chi connectivity index (χ4n) is 2.76. The zero-order valence-electron chi connectivity index (χ0n) is 16.9. The second kappa shape index (κ2) is 10.3. The molecule has 0 spiro atoms. The molecular weight excluding hydrogens is 330 g/mol. The summed E-state index contributed by atoms with van der Waals surface area (Å²) in [7, 11) is 1.76. The Morgan fingerprint density at radius 2 is 1.65 bits per heavy atom. The molecule has 1 aromatic rings. The number of ether oxygens (including phenoxy) is 2. The summed E-state index contributed by atoms with van der Waals surface area (Å²) in [6.45, 7) is 10.1. The highest BCUT2D eigenvalue weighted by Crippen LogP contribution is 2.26. The van der Waals surface area contributed by atoms with Gasteiger partial charge in [-0.2, -0.15) is 0 Å². The lowest BCUT2D eigenvalue weighted by Gasteiger charge is -2.29. The lowest BCUT2D eigenvalue weighted by Crippen LogP contribution is -2.41. The van der Waals surface area contributed by atoms with Gasteiger partial charge in [-0.3, -0.25) is 9.59 Å². The van der Waals surface area contributed by atoms with Crippen molar-refractivity contribution in [3.63, 3.8) is 0 Å². The van der Waals surface area contributed by atoms with Crippen molar-refractivity contribution >= 4 is 11.9 Å². The van der Waals surface area contributed by atoms with E-state index in [9.17, 15) is 9.59 Å². The Morgan fingerprint density at radius 3 is 2.15 bits per heavy atom. The van der Waals surface area contributed by atoms with E-state index in [2.05, 4.69) is 5.32 Å². The van der Waals surface area contributed by atoms with Crippen LogP contribution < -0.4 is 5.32 Å². The average molecular weight is 363 g/mol. The molecule has 5 heteroatoms. The highest BCUT2D eigenvalue weighted by atomic mass is 16.6. The first-order valence-corrected chi connectivity index (χ1v) is 9.22. The first kappa shape index (κ1) is 22.2. The fraction of sp³-hybridized carbons (Fsp3) is 0.619. The molecule has 0 aliphatic heterocycles. The minimum absolute atomic E-state index is 0.197. The smallest absolute Gasteiger partial charge is 0.311 e. The van der Waals surface area contributed by atoms with Crippen molar-refractivity contribution in [3.8, 4) is 0 Å². The third kappa shape index (κ3) is 8.00. The van der Waals surface area contributed by atoms with Crippen LogP contribution in [0.4, 0.5) is 0 Å². The molecule has 0 fully saturated rings. The molecule has 1 aromatic carbocycles. The molecule has 0 aliphatic carbocycles. The molecule has 0 heterocycles. The number of hydrogen-bond donors (Lipinski definition) is 1. The van der Waals surface area contributed by atoms with E-state index in [1.165, 1.54) is 0 Å². The Morgan fingerprint density at radius 1 is 1.04 bits per heavy atom. The Labute approximate surface area is 157 Å². The van der Waals surface area contributed by atoms with Gasteiger partial charge in [0.25, 0.3) is 0 Å². The average Bonchev–Trinajstić information content (AvgIpc) is 2.55. The van der Waals surface area contributed by atoms with Crippen molar-refractivity contribution < 1.29 is 19.1 Å². The minimum atomic E-state index is -0.593. The van der Waals surface area contributed by atoms with Crippen LogP contribution in [0.5, 0.6) is 0 Å². The Hall–Kier alpha value is -1.88. The van der Waals surface area contributed by atoms with Crippen molar-refractivity contribution in [1.29, 1.82) is 0 Å². The van der Waals surface area contributed by atoms with Crippen molar-refractivity contribution in [1.82, 2.24) is 5.32 Å². The van der Waals surface area contributed by atoms with Crippen LogP contribution >= 0.6 is 0 Å². The van der Waals surface area contributed by atoms with E-state index in [1.807, 2.05) is 65.0 Å². The van der Waals surface area contributed by atoms with Crippen LogP contribution in [-0.2, 0) is 25.7 Å². The van der Waals surface area contributed by atoms with Gasteiger partial charge in [0.2, 0.25) is 0 Å². The minimum Gasteiger partial charge on any atom is -0.461 e. The van der Waals surface area contributed by atoms with Crippen LogP contribution in [0.2, 0.25) is 0 Å². The SMILES string of the molecule is CNC[C@H](C(=O)OCc1ccccc1)[C@@H](CC(C)C)C(=O)OC(C)(C)C. The highest BCUT2D eigenvalue weighted by molar-refractivity contribution is 5.82. The molecule has 0 radical (unpaired) electrons. The predicted octanol–water partition coefficient (Wildman–Crippen LogP) is 3.57. The van der Waals surface area contributed by atoms with Gasteiger partial charge in [0.1, 0.15) is 12.2 Å². The van der Waals surface area contributed by atoms with E-state index in [4.69, 9.17) is 9.47 Å². The van der Waals surface area contributed by atoms with Crippen molar-refractivity contribution in [2.45, 2.75) is 53.2 Å².